The van der Waals surface area contributed by atoms with Gasteiger partial charge in [-0.25, -0.2) is 0 Å². The Labute approximate surface area is 121 Å². The molecule has 3 N–H and O–H groups in total. The Morgan fingerprint density at radius 3 is 2.53 bits per heavy atom. The van der Waals surface area contributed by atoms with Gasteiger partial charge in [0.15, 0.2) is 0 Å². The molecule has 19 heavy (non-hydrogen) atoms. The van der Waals surface area contributed by atoms with Crippen LogP contribution in [0.15, 0.2) is 24.3 Å². The van der Waals surface area contributed by atoms with Gasteiger partial charge < -0.3 is 11.1 Å². The van der Waals surface area contributed by atoms with E-state index in [1.54, 1.807) is 0 Å². The molecular weight excluding hydrogens is 256 g/mol. The van der Waals surface area contributed by atoms with Crippen LogP contribution >= 0.6 is 11.6 Å². The first-order valence-electron chi connectivity index (χ1n) is 7.22. The number of hydrogen-bond acceptors (Lipinski definition) is 2. The molecule has 1 saturated carbocycles. The lowest BCUT2D eigenvalue weighted by Gasteiger charge is -2.31. The molecule has 0 aromatic heterocycles. The molecule has 2 atom stereocenters. The minimum Gasteiger partial charge on any atom is -0.329 e. The van der Waals surface area contributed by atoms with Gasteiger partial charge in [0.25, 0.3) is 0 Å². The maximum atomic E-state index is 5.97. The SMILES string of the molecule is CC(CNC(C)(CN)Cc1ccc(Cl)cc1)C1CC1. The van der Waals surface area contributed by atoms with Crippen molar-refractivity contribution < 1.29 is 0 Å². The molecule has 0 bridgehead atoms. The van der Waals surface area contributed by atoms with Crippen molar-refractivity contribution >= 4 is 11.6 Å². The number of nitrogens with two attached hydrogens (primary N) is 1. The average molecular weight is 281 g/mol. The Morgan fingerprint density at radius 2 is 2.00 bits per heavy atom. The van der Waals surface area contributed by atoms with Crippen LogP contribution in [-0.4, -0.2) is 18.6 Å². The molecule has 106 valence electrons. The van der Waals surface area contributed by atoms with Crippen molar-refractivity contribution in [2.24, 2.45) is 17.6 Å². The van der Waals surface area contributed by atoms with Gasteiger partial charge >= 0.3 is 0 Å². The molecule has 0 amide bonds. The topological polar surface area (TPSA) is 38.0 Å². The van der Waals surface area contributed by atoms with Crippen LogP contribution < -0.4 is 11.1 Å². The standard InChI is InChI=1S/C16H25ClN2/c1-12(14-5-6-14)10-19-16(2,11-18)9-13-3-7-15(17)8-4-13/h3-4,7-8,12,14,19H,5-6,9-11,18H2,1-2H3. The average Bonchev–Trinajstić information content (AvgIpc) is 3.23. The van der Waals surface area contributed by atoms with E-state index in [9.17, 15) is 0 Å². The van der Waals surface area contributed by atoms with Crippen molar-refractivity contribution in [3.63, 3.8) is 0 Å². The number of halogens is 1. The van der Waals surface area contributed by atoms with Gasteiger partial charge in [-0.2, -0.15) is 0 Å². The molecule has 0 spiro atoms. The number of benzene rings is 1. The maximum Gasteiger partial charge on any atom is 0.0406 e. The summed E-state index contributed by atoms with van der Waals surface area (Å²) in [5.74, 6) is 1.70. The van der Waals surface area contributed by atoms with E-state index in [0.29, 0.717) is 6.54 Å². The van der Waals surface area contributed by atoms with E-state index >= 15 is 0 Å². The summed E-state index contributed by atoms with van der Waals surface area (Å²) < 4.78 is 0. The van der Waals surface area contributed by atoms with Crippen LogP contribution in [0.4, 0.5) is 0 Å². The van der Waals surface area contributed by atoms with E-state index in [1.165, 1.54) is 18.4 Å². The maximum absolute atomic E-state index is 5.97. The van der Waals surface area contributed by atoms with Crippen LogP contribution in [0.25, 0.3) is 0 Å². The van der Waals surface area contributed by atoms with Crippen LogP contribution in [0.5, 0.6) is 0 Å². The predicted octanol–water partition coefficient (Wildman–Crippen LogP) is 3.24. The van der Waals surface area contributed by atoms with Gasteiger partial charge in [0, 0.05) is 17.1 Å². The second-order valence-electron chi connectivity index (χ2n) is 6.26. The molecule has 1 aliphatic carbocycles. The van der Waals surface area contributed by atoms with Crippen LogP contribution in [0, 0.1) is 11.8 Å². The normalized spacial score (nSPS) is 20.0. The first kappa shape index (κ1) is 14.8. The van der Waals surface area contributed by atoms with E-state index < -0.39 is 0 Å². The zero-order valence-corrected chi connectivity index (χ0v) is 12.7. The third-order valence-corrected chi connectivity index (χ3v) is 4.49. The summed E-state index contributed by atoms with van der Waals surface area (Å²) in [5, 5.41) is 4.46. The zero-order chi connectivity index (χ0) is 13.9. The van der Waals surface area contributed by atoms with E-state index in [1.807, 2.05) is 12.1 Å². The first-order chi connectivity index (χ1) is 9.02. The highest BCUT2D eigenvalue weighted by atomic mass is 35.5. The Bertz CT molecular complexity index is 400. The summed E-state index contributed by atoms with van der Waals surface area (Å²) in [7, 11) is 0. The van der Waals surface area contributed by atoms with Gasteiger partial charge in [-0.3, -0.25) is 0 Å². The number of hydrogen-bond donors (Lipinski definition) is 2. The summed E-state index contributed by atoms with van der Waals surface area (Å²) in [6, 6.07) is 8.06. The lowest BCUT2D eigenvalue weighted by molar-refractivity contribution is 0.322. The molecule has 0 aliphatic heterocycles. The summed E-state index contributed by atoms with van der Waals surface area (Å²) in [6.45, 7) is 6.25. The molecule has 1 aromatic carbocycles. The molecule has 1 fully saturated rings. The molecule has 2 unspecified atom stereocenters. The lowest BCUT2D eigenvalue weighted by atomic mass is 9.92. The van der Waals surface area contributed by atoms with E-state index in [4.69, 9.17) is 17.3 Å². The second kappa shape index (κ2) is 6.25. The number of nitrogens with one attached hydrogen (secondary N) is 1. The number of rotatable bonds is 7. The zero-order valence-electron chi connectivity index (χ0n) is 12.0. The monoisotopic (exact) mass is 280 g/mol. The highest BCUT2D eigenvalue weighted by Gasteiger charge is 2.30. The van der Waals surface area contributed by atoms with Crippen LogP contribution in [0.1, 0.15) is 32.3 Å². The summed E-state index contributed by atoms with van der Waals surface area (Å²) in [4.78, 5) is 0. The summed E-state index contributed by atoms with van der Waals surface area (Å²) in [5.41, 5.74) is 7.22. The third kappa shape index (κ3) is 4.48. The van der Waals surface area contributed by atoms with Crippen molar-refractivity contribution in [1.82, 2.24) is 5.32 Å². The molecule has 1 aromatic rings. The van der Waals surface area contributed by atoms with Crippen molar-refractivity contribution in [2.75, 3.05) is 13.1 Å². The van der Waals surface area contributed by atoms with Crippen molar-refractivity contribution in [1.29, 1.82) is 0 Å². The highest BCUT2D eigenvalue weighted by Crippen LogP contribution is 2.36. The van der Waals surface area contributed by atoms with Crippen LogP contribution in [0.2, 0.25) is 5.02 Å². The Balaban J connectivity index is 1.90. The molecule has 0 heterocycles. The molecule has 1 aliphatic rings. The summed E-state index contributed by atoms with van der Waals surface area (Å²) in [6.07, 6.45) is 3.75. The Hall–Kier alpha value is -0.570. The van der Waals surface area contributed by atoms with E-state index in [2.05, 4.69) is 31.3 Å². The van der Waals surface area contributed by atoms with Gasteiger partial charge in [-0.1, -0.05) is 30.7 Å². The second-order valence-corrected chi connectivity index (χ2v) is 6.70. The largest absolute Gasteiger partial charge is 0.329 e. The molecule has 2 rings (SSSR count). The van der Waals surface area contributed by atoms with Gasteiger partial charge in [0.05, 0.1) is 0 Å². The molecule has 2 nitrogen and oxygen atoms in total. The highest BCUT2D eigenvalue weighted by molar-refractivity contribution is 6.30. The van der Waals surface area contributed by atoms with Crippen molar-refractivity contribution in [3.05, 3.63) is 34.9 Å². The van der Waals surface area contributed by atoms with Crippen molar-refractivity contribution in [2.45, 2.75) is 38.6 Å². The van der Waals surface area contributed by atoms with Gasteiger partial charge in [0.2, 0.25) is 0 Å². The molecule has 0 saturated heterocycles. The third-order valence-electron chi connectivity index (χ3n) is 4.24. The fraction of sp³-hybridized carbons (Fsp3) is 0.625. The minimum atomic E-state index is -0.0308. The first-order valence-corrected chi connectivity index (χ1v) is 7.60. The Morgan fingerprint density at radius 1 is 1.37 bits per heavy atom. The predicted molar refractivity (Wildman–Crippen MR) is 82.5 cm³/mol. The fourth-order valence-electron chi connectivity index (χ4n) is 2.50. The van der Waals surface area contributed by atoms with Gasteiger partial charge in [-0.05, 0) is 62.3 Å². The quantitative estimate of drug-likeness (QED) is 0.805. The molecule has 0 radical (unpaired) electrons. The lowest BCUT2D eigenvalue weighted by Crippen LogP contribution is -2.51. The molecular formula is C16H25ClN2. The van der Waals surface area contributed by atoms with Crippen LogP contribution in [0.3, 0.4) is 0 Å². The Kier molecular flexibility index (Phi) is 4.88. The van der Waals surface area contributed by atoms with Gasteiger partial charge in [0.1, 0.15) is 0 Å². The smallest absolute Gasteiger partial charge is 0.0406 e. The van der Waals surface area contributed by atoms with Gasteiger partial charge in [-0.15, -0.1) is 0 Å². The fourth-order valence-corrected chi connectivity index (χ4v) is 2.62. The van der Waals surface area contributed by atoms with E-state index in [-0.39, 0.29) is 5.54 Å². The van der Waals surface area contributed by atoms with Crippen LogP contribution in [-0.2, 0) is 6.42 Å². The minimum absolute atomic E-state index is 0.0308. The van der Waals surface area contributed by atoms with E-state index in [0.717, 1.165) is 29.8 Å². The summed E-state index contributed by atoms with van der Waals surface area (Å²) >= 11 is 5.92. The van der Waals surface area contributed by atoms with Crippen molar-refractivity contribution in [3.8, 4) is 0 Å². The molecule has 3 heteroatoms.